The molecule has 0 radical (unpaired) electrons. The van der Waals surface area contributed by atoms with Crippen LogP contribution in [0.4, 0.5) is 0 Å². The molecule has 0 aliphatic rings. The first kappa shape index (κ1) is 12.5. The number of hydrogen-bond donors (Lipinski definition) is 2. The molecule has 0 amide bonds. The maximum Gasteiger partial charge on any atom is 0.306 e. The Balaban J connectivity index is 2.45. The van der Waals surface area contributed by atoms with Gasteiger partial charge < -0.3 is 14.8 Å². The summed E-state index contributed by atoms with van der Waals surface area (Å²) in [6.07, 6.45) is 2.43. The summed E-state index contributed by atoms with van der Waals surface area (Å²) in [5.74, 6) is -0.417. The van der Waals surface area contributed by atoms with E-state index in [0.29, 0.717) is 6.42 Å². The van der Waals surface area contributed by atoms with Gasteiger partial charge in [0.1, 0.15) is 5.75 Å². The number of carboxylic acid groups (broad SMARTS) is 1. The van der Waals surface area contributed by atoms with Gasteiger partial charge in [0, 0.05) is 11.6 Å². The molecule has 2 aromatic rings. The molecular formula is C14H17NO3. The monoisotopic (exact) mass is 247 g/mol. The zero-order chi connectivity index (χ0) is 13.3. The molecule has 2 N–H and O–H groups in total. The number of nitrogens with one attached hydrogen (secondary N) is 1. The third kappa shape index (κ3) is 2.18. The molecule has 18 heavy (non-hydrogen) atoms. The van der Waals surface area contributed by atoms with Gasteiger partial charge in [-0.05, 0) is 36.6 Å². The first-order valence-corrected chi connectivity index (χ1v) is 5.90. The Morgan fingerprint density at radius 3 is 2.83 bits per heavy atom. The van der Waals surface area contributed by atoms with Crippen molar-refractivity contribution in [2.45, 2.75) is 20.3 Å². The van der Waals surface area contributed by atoms with Crippen LogP contribution in [0.5, 0.6) is 5.75 Å². The van der Waals surface area contributed by atoms with Gasteiger partial charge in [0.2, 0.25) is 0 Å². The van der Waals surface area contributed by atoms with Crippen molar-refractivity contribution in [2.24, 2.45) is 5.92 Å². The largest absolute Gasteiger partial charge is 0.495 e. The molecule has 4 nitrogen and oxygen atoms in total. The molecule has 0 saturated carbocycles. The molecule has 2 rings (SSSR count). The van der Waals surface area contributed by atoms with Gasteiger partial charge in [-0.1, -0.05) is 6.92 Å². The highest BCUT2D eigenvalue weighted by atomic mass is 16.5. The summed E-state index contributed by atoms with van der Waals surface area (Å²) >= 11 is 0. The first-order chi connectivity index (χ1) is 8.52. The molecule has 1 atom stereocenters. The number of ether oxygens (including phenoxy) is 1. The van der Waals surface area contributed by atoms with E-state index in [1.165, 1.54) is 0 Å². The molecule has 0 bridgehead atoms. The third-order valence-corrected chi connectivity index (χ3v) is 3.20. The fourth-order valence-electron chi connectivity index (χ4n) is 2.11. The van der Waals surface area contributed by atoms with E-state index < -0.39 is 11.9 Å². The van der Waals surface area contributed by atoms with Crippen molar-refractivity contribution >= 4 is 16.9 Å². The van der Waals surface area contributed by atoms with E-state index in [0.717, 1.165) is 27.8 Å². The number of fused-ring (bicyclic) bond motifs is 1. The van der Waals surface area contributed by atoms with E-state index in [4.69, 9.17) is 9.84 Å². The fourth-order valence-corrected chi connectivity index (χ4v) is 2.11. The number of benzene rings is 1. The number of aliphatic carboxylic acids is 1. The van der Waals surface area contributed by atoms with Crippen LogP contribution in [0.25, 0.3) is 10.9 Å². The first-order valence-electron chi connectivity index (χ1n) is 5.90. The second kappa shape index (κ2) is 4.72. The summed E-state index contributed by atoms with van der Waals surface area (Å²) in [7, 11) is 1.62. The van der Waals surface area contributed by atoms with Crippen LogP contribution in [0.15, 0.2) is 18.3 Å². The lowest BCUT2D eigenvalue weighted by atomic mass is 9.99. The quantitative estimate of drug-likeness (QED) is 0.873. The van der Waals surface area contributed by atoms with Crippen molar-refractivity contribution in [1.82, 2.24) is 4.98 Å². The lowest BCUT2D eigenvalue weighted by molar-refractivity contribution is -0.141. The number of H-pyrrole nitrogens is 1. The molecule has 96 valence electrons. The molecule has 0 saturated heterocycles. The number of methoxy groups -OCH3 is 1. The van der Waals surface area contributed by atoms with Crippen molar-refractivity contribution in [1.29, 1.82) is 0 Å². The number of aromatic nitrogens is 1. The molecule has 0 fully saturated rings. The smallest absolute Gasteiger partial charge is 0.306 e. The van der Waals surface area contributed by atoms with Crippen molar-refractivity contribution in [2.75, 3.05) is 7.11 Å². The summed E-state index contributed by atoms with van der Waals surface area (Å²) in [6, 6.07) is 3.93. The Morgan fingerprint density at radius 2 is 2.22 bits per heavy atom. The highest BCUT2D eigenvalue weighted by Gasteiger charge is 2.14. The fraction of sp³-hybridized carbons (Fsp3) is 0.357. The van der Waals surface area contributed by atoms with Gasteiger partial charge in [-0.2, -0.15) is 0 Å². The van der Waals surface area contributed by atoms with Gasteiger partial charge in [0.15, 0.2) is 0 Å². The minimum absolute atomic E-state index is 0.397. The van der Waals surface area contributed by atoms with Crippen LogP contribution in [0.1, 0.15) is 18.1 Å². The van der Waals surface area contributed by atoms with Crippen molar-refractivity contribution in [3.8, 4) is 5.75 Å². The van der Waals surface area contributed by atoms with Gasteiger partial charge in [-0.15, -0.1) is 0 Å². The van der Waals surface area contributed by atoms with Crippen LogP contribution in [0.2, 0.25) is 0 Å². The Bertz CT molecular complexity index is 586. The molecule has 0 aliphatic carbocycles. The van der Waals surface area contributed by atoms with Crippen LogP contribution < -0.4 is 4.74 Å². The van der Waals surface area contributed by atoms with Crippen LogP contribution in [-0.4, -0.2) is 23.2 Å². The predicted molar refractivity (Wildman–Crippen MR) is 70.1 cm³/mol. The maximum absolute atomic E-state index is 10.9. The summed E-state index contributed by atoms with van der Waals surface area (Å²) in [5, 5.41) is 10.0. The highest BCUT2D eigenvalue weighted by molar-refractivity contribution is 5.89. The summed E-state index contributed by atoms with van der Waals surface area (Å²) < 4.78 is 5.34. The van der Waals surface area contributed by atoms with Crippen LogP contribution >= 0.6 is 0 Å². The van der Waals surface area contributed by atoms with Crippen molar-refractivity contribution in [3.05, 3.63) is 29.5 Å². The number of carboxylic acids is 1. The van der Waals surface area contributed by atoms with Gasteiger partial charge in [-0.3, -0.25) is 4.79 Å². The van der Waals surface area contributed by atoms with E-state index in [1.54, 1.807) is 14.0 Å². The second-order valence-corrected chi connectivity index (χ2v) is 4.64. The normalized spacial score (nSPS) is 12.6. The van der Waals surface area contributed by atoms with E-state index in [2.05, 4.69) is 4.98 Å². The maximum atomic E-state index is 10.9. The minimum atomic E-state index is -0.778. The van der Waals surface area contributed by atoms with Gasteiger partial charge in [-0.25, -0.2) is 0 Å². The molecule has 0 spiro atoms. The van der Waals surface area contributed by atoms with Crippen molar-refractivity contribution < 1.29 is 14.6 Å². The molecule has 0 aliphatic heterocycles. The van der Waals surface area contributed by atoms with Gasteiger partial charge >= 0.3 is 5.97 Å². The van der Waals surface area contributed by atoms with E-state index in [9.17, 15) is 4.79 Å². The number of aromatic amines is 1. The molecular weight excluding hydrogens is 230 g/mol. The summed E-state index contributed by atoms with van der Waals surface area (Å²) in [4.78, 5) is 14.1. The van der Waals surface area contributed by atoms with Crippen molar-refractivity contribution in [3.63, 3.8) is 0 Å². The van der Waals surface area contributed by atoms with Gasteiger partial charge in [0.05, 0.1) is 18.5 Å². The van der Waals surface area contributed by atoms with Crippen LogP contribution in [0.3, 0.4) is 0 Å². The molecule has 4 heteroatoms. The SMILES string of the molecule is COc1cc(CC(C)C(=O)O)cc2c(C)c[nH]c12. The molecule has 1 unspecified atom stereocenters. The molecule has 1 heterocycles. The number of rotatable bonds is 4. The molecule has 1 aromatic heterocycles. The van der Waals surface area contributed by atoms with E-state index in [1.807, 2.05) is 25.3 Å². The number of hydrogen-bond acceptors (Lipinski definition) is 2. The van der Waals surface area contributed by atoms with Gasteiger partial charge in [0.25, 0.3) is 0 Å². The second-order valence-electron chi connectivity index (χ2n) is 4.64. The summed E-state index contributed by atoms with van der Waals surface area (Å²) in [5.41, 5.74) is 3.08. The zero-order valence-electron chi connectivity index (χ0n) is 10.8. The van der Waals surface area contributed by atoms with Crippen LogP contribution in [-0.2, 0) is 11.2 Å². The standard InChI is InChI=1S/C14H17NO3/c1-8(14(16)17)4-10-5-11-9(2)7-15-13(11)12(6-10)18-3/h5-8,15H,4H2,1-3H3,(H,16,17). The number of carbonyl (C=O) groups is 1. The topological polar surface area (TPSA) is 62.3 Å². The zero-order valence-corrected chi connectivity index (χ0v) is 10.8. The Kier molecular flexibility index (Phi) is 3.28. The van der Waals surface area contributed by atoms with E-state index >= 15 is 0 Å². The van der Waals surface area contributed by atoms with Crippen LogP contribution in [0, 0.1) is 12.8 Å². The average Bonchev–Trinajstić information content (AvgIpc) is 2.70. The third-order valence-electron chi connectivity index (χ3n) is 3.20. The average molecular weight is 247 g/mol. The lowest BCUT2D eigenvalue weighted by Gasteiger charge is -2.09. The highest BCUT2D eigenvalue weighted by Crippen LogP contribution is 2.29. The number of aryl methyl sites for hydroxylation is 1. The Labute approximate surface area is 106 Å². The summed E-state index contributed by atoms with van der Waals surface area (Å²) in [6.45, 7) is 3.73. The molecule has 1 aromatic carbocycles. The Hall–Kier alpha value is -1.97. The predicted octanol–water partition coefficient (Wildman–Crippen LogP) is 2.75. The minimum Gasteiger partial charge on any atom is -0.495 e. The Morgan fingerprint density at radius 1 is 1.50 bits per heavy atom. The van der Waals surface area contributed by atoms with E-state index in [-0.39, 0.29) is 0 Å². The lowest BCUT2D eigenvalue weighted by Crippen LogP contribution is -2.12.